The zero-order valence-electron chi connectivity index (χ0n) is 10.1. The number of benzene rings is 2. The van der Waals surface area contributed by atoms with Crippen molar-refractivity contribution in [3.05, 3.63) is 67.4 Å². The lowest BCUT2D eigenvalue weighted by atomic mass is 10.2. The summed E-state index contributed by atoms with van der Waals surface area (Å²) in [6.45, 7) is 0.231. The van der Waals surface area contributed by atoms with Crippen molar-refractivity contribution < 1.29 is 9.31 Å². The van der Waals surface area contributed by atoms with Crippen LogP contribution in [0.25, 0.3) is 0 Å². The van der Waals surface area contributed by atoms with Crippen LogP contribution in [-0.4, -0.2) is 4.92 Å². The van der Waals surface area contributed by atoms with Crippen LogP contribution in [0.5, 0.6) is 0 Å². The number of hydrogen-bond donors (Lipinski definition) is 1. The Morgan fingerprint density at radius 2 is 2.10 bits per heavy atom. The fraction of sp³-hybridized carbons (Fsp3) is 0.0769. The predicted octanol–water partition coefficient (Wildman–Crippen LogP) is 4.76. The third kappa shape index (κ3) is 3.26. The first kappa shape index (κ1) is 14.7. The molecule has 0 bridgehead atoms. The Labute approximate surface area is 127 Å². The molecule has 0 amide bonds. The normalized spacial score (nSPS) is 10.3. The van der Waals surface area contributed by atoms with Gasteiger partial charge in [0.25, 0.3) is 5.69 Å². The molecule has 0 atom stereocenters. The number of anilines is 1. The second-order valence-corrected chi connectivity index (χ2v) is 5.25. The number of halogens is 3. The zero-order valence-corrected chi connectivity index (χ0v) is 12.4. The third-order valence-electron chi connectivity index (χ3n) is 2.64. The Morgan fingerprint density at radius 3 is 2.75 bits per heavy atom. The van der Waals surface area contributed by atoms with Crippen molar-refractivity contribution in [1.29, 1.82) is 0 Å². The molecule has 2 aromatic rings. The van der Waals surface area contributed by atoms with E-state index in [2.05, 4.69) is 21.2 Å². The molecule has 104 valence electrons. The van der Waals surface area contributed by atoms with Crippen LogP contribution in [-0.2, 0) is 6.54 Å². The zero-order chi connectivity index (χ0) is 14.7. The number of hydrogen-bond acceptors (Lipinski definition) is 3. The van der Waals surface area contributed by atoms with Crippen molar-refractivity contribution in [2.24, 2.45) is 0 Å². The van der Waals surface area contributed by atoms with Gasteiger partial charge >= 0.3 is 0 Å². The second-order valence-electron chi connectivity index (χ2n) is 3.99. The predicted molar refractivity (Wildman–Crippen MR) is 79.5 cm³/mol. The standard InChI is InChI=1S/C13H9BrClFN2O2/c14-9-5-4-8(6-10(9)15)7-17-13-11(16)2-1-3-12(13)18(19)20/h1-6,17H,7H2. The van der Waals surface area contributed by atoms with Gasteiger partial charge in [0.05, 0.1) is 9.95 Å². The topological polar surface area (TPSA) is 55.2 Å². The van der Waals surface area contributed by atoms with Gasteiger partial charge in [-0.15, -0.1) is 0 Å². The number of nitrogens with zero attached hydrogens (tertiary/aromatic N) is 1. The molecule has 2 aromatic carbocycles. The Hall–Kier alpha value is -1.66. The highest BCUT2D eigenvalue weighted by atomic mass is 79.9. The van der Waals surface area contributed by atoms with Crippen LogP contribution in [0.4, 0.5) is 15.8 Å². The molecule has 0 fully saturated rings. The minimum Gasteiger partial charge on any atom is -0.373 e. The van der Waals surface area contributed by atoms with Crippen LogP contribution in [0, 0.1) is 15.9 Å². The highest BCUT2D eigenvalue weighted by molar-refractivity contribution is 9.10. The van der Waals surface area contributed by atoms with Crippen LogP contribution >= 0.6 is 27.5 Å². The van der Waals surface area contributed by atoms with Crippen LogP contribution < -0.4 is 5.32 Å². The summed E-state index contributed by atoms with van der Waals surface area (Å²) in [6, 6.07) is 8.97. The molecular weight excluding hydrogens is 351 g/mol. The van der Waals surface area contributed by atoms with E-state index in [0.29, 0.717) is 5.02 Å². The molecule has 0 heterocycles. The van der Waals surface area contributed by atoms with E-state index in [1.807, 2.05) is 0 Å². The molecule has 0 radical (unpaired) electrons. The molecule has 7 heteroatoms. The summed E-state index contributed by atoms with van der Waals surface area (Å²) in [4.78, 5) is 10.2. The van der Waals surface area contributed by atoms with Crippen LogP contribution in [0.2, 0.25) is 5.02 Å². The maximum Gasteiger partial charge on any atom is 0.295 e. The lowest BCUT2D eigenvalue weighted by Crippen LogP contribution is -2.04. The van der Waals surface area contributed by atoms with E-state index >= 15 is 0 Å². The average molecular weight is 360 g/mol. The Balaban J connectivity index is 2.22. The van der Waals surface area contributed by atoms with E-state index in [0.717, 1.165) is 10.0 Å². The van der Waals surface area contributed by atoms with Gasteiger partial charge in [-0.2, -0.15) is 0 Å². The second kappa shape index (κ2) is 6.19. The van der Waals surface area contributed by atoms with Crippen molar-refractivity contribution in [3.63, 3.8) is 0 Å². The largest absolute Gasteiger partial charge is 0.373 e. The summed E-state index contributed by atoms with van der Waals surface area (Å²) in [5.41, 5.74) is 0.362. The quantitative estimate of drug-likeness (QED) is 0.632. The number of rotatable bonds is 4. The van der Waals surface area contributed by atoms with Crippen LogP contribution in [0.3, 0.4) is 0 Å². The highest BCUT2D eigenvalue weighted by Gasteiger charge is 2.17. The van der Waals surface area contributed by atoms with E-state index in [4.69, 9.17) is 11.6 Å². The molecule has 0 aromatic heterocycles. The molecule has 2 rings (SSSR count). The molecule has 0 aliphatic heterocycles. The lowest BCUT2D eigenvalue weighted by Gasteiger charge is -2.09. The van der Waals surface area contributed by atoms with Crippen molar-refractivity contribution in [2.75, 3.05) is 5.32 Å². The third-order valence-corrected chi connectivity index (χ3v) is 3.87. The molecule has 4 nitrogen and oxygen atoms in total. The molecule has 1 N–H and O–H groups in total. The van der Waals surface area contributed by atoms with Gasteiger partial charge in [0.2, 0.25) is 0 Å². The van der Waals surface area contributed by atoms with Crippen molar-refractivity contribution in [1.82, 2.24) is 0 Å². The molecule has 0 saturated carbocycles. The first-order valence-electron chi connectivity index (χ1n) is 5.59. The summed E-state index contributed by atoms with van der Waals surface area (Å²) in [6.07, 6.45) is 0. The van der Waals surface area contributed by atoms with Crippen molar-refractivity contribution >= 4 is 38.9 Å². The van der Waals surface area contributed by atoms with Gasteiger partial charge in [-0.05, 0) is 39.7 Å². The maximum absolute atomic E-state index is 13.7. The molecule has 0 aliphatic rings. The van der Waals surface area contributed by atoms with Gasteiger partial charge in [-0.25, -0.2) is 4.39 Å². The van der Waals surface area contributed by atoms with Crippen molar-refractivity contribution in [3.8, 4) is 0 Å². The van der Waals surface area contributed by atoms with Crippen LogP contribution in [0.1, 0.15) is 5.56 Å². The lowest BCUT2D eigenvalue weighted by molar-refractivity contribution is -0.384. The summed E-state index contributed by atoms with van der Waals surface area (Å²) in [7, 11) is 0. The van der Waals surface area contributed by atoms with Gasteiger partial charge in [0.15, 0.2) is 5.82 Å². The summed E-state index contributed by atoms with van der Waals surface area (Å²) in [5, 5.41) is 14.1. The minimum atomic E-state index is -0.664. The SMILES string of the molecule is O=[N+]([O-])c1cccc(F)c1NCc1ccc(Br)c(Cl)c1. The Morgan fingerprint density at radius 1 is 1.35 bits per heavy atom. The maximum atomic E-state index is 13.7. The smallest absolute Gasteiger partial charge is 0.295 e. The number of para-hydroxylation sites is 1. The molecule has 0 spiro atoms. The number of nitrogens with one attached hydrogen (secondary N) is 1. The molecule has 0 aliphatic carbocycles. The average Bonchev–Trinajstić information content (AvgIpc) is 2.40. The fourth-order valence-electron chi connectivity index (χ4n) is 1.68. The molecular formula is C13H9BrClFN2O2. The molecule has 0 unspecified atom stereocenters. The van der Waals surface area contributed by atoms with E-state index in [-0.39, 0.29) is 17.9 Å². The van der Waals surface area contributed by atoms with Gasteiger partial charge in [0, 0.05) is 17.1 Å². The highest BCUT2D eigenvalue weighted by Crippen LogP contribution is 2.28. The minimum absolute atomic E-state index is 0.128. The van der Waals surface area contributed by atoms with Gasteiger partial charge < -0.3 is 5.32 Å². The van der Waals surface area contributed by atoms with E-state index in [9.17, 15) is 14.5 Å². The Bertz CT molecular complexity index is 667. The molecule has 20 heavy (non-hydrogen) atoms. The van der Waals surface area contributed by atoms with E-state index in [1.165, 1.54) is 18.2 Å². The summed E-state index contributed by atoms with van der Waals surface area (Å²) < 4.78 is 14.4. The van der Waals surface area contributed by atoms with Crippen molar-refractivity contribution in [2.45, 2.75) is 6.54 Å². The number of nitro benzene ring substituents is 1. The summed E-state index contributed by atoms with van der Waals surface area (Å²) >= 11 is 9.22. The first-order chi connectivity index (χ1) is 9.49. The molecule has 0 saturated heterocycles. The number of nitro groups is 1. The Kier molecular flexibility index (Phi) is 4.57. The van der Waals surface area contributed by atoms with Gasteiger partial charge in [-0.3, -0.25) is 10.1 Å². The first-order valence-corrected chi connectivity index (χ1v) is 6.77. The fourth-order valence-corrected chi connectivity index (χ4v) is 2.13. The van der Waals surface area contributed by atoms with Crippen LogP contribution in [0.15, 0.2) is 40.9 Å². The van der Waals surface area contributed by atoms with E-state index in [1.54, 1.807) is 18.2 Å². The van der Waals surface area contributed by atoms with Gasteiger partial charge in [-0.1, -0.05) is 23.7 Å². The van der Waals surface area contributed by atoms with E-state index < -0.39 is 10.7 Å². The summed E-state index contributed by atoms with van der Waals surface area (Å²) in [5.74, 6) is -0.664. The monoisotopic (exact) mass is 358 g/mol. The van der Waals surface area contributed by atoms with Gasteiger partial charge in [0.1, 0.15) is 5.69 Å².